The van der Waals surface area contributed by atoms with Gasteiger partial charge in [0.15, 0.2) is 0 Å². The molecule has 2 rings (SSSR count). The maximum Gasteiger partial charge on any atom is 0.297 e. The lowest BCUT2D eigenvalue weighted by molar-refractivity contribution is 0.338. The van der Waals surface area contributed by atoms with E-state index in [1.807, 2.05) is 0 Å². The second-order valence-electron chi connectivity index (χ2n) is 3.45. The Bertz CT molecular complexity index is 650. The van der Waals surface area contributed by atoms with Crippen molar-refractivity contribution in [3.8, 4) is 0 Å². The molecule has 0 bridgehead atoms. The molecule has 5 heteroatoms. The molecule has 2 aromatic carbocycles. The smallest absolute Gasteiger partial charge is 0.267 e. The highest BCUT2D eigenvalue weighted by molar-refractivity contribution is 7.87. The maximum atomic E-state index is 13.5. The van der Waals surface area contributed by atoms with Crippen molar-refractivity contribution in [3.63, 3.8) is 0 Å². The lowest BCUT2D eigenvalue weighted by atomic mass is 10.1. The van der Waals surface area contributed by atoms with Gasteiger partial charge in [0.05, 0.1) is 6.61 Å². The highest BCUT2D eigenvalue weighted by Gasteiger charge is 2.18. The lowest BCUT2D eigenvalue weighted by Crippen LogP contribution is -2.06. The predicted octanol–water partition coefficient (Wildman–Crippen LogP) is 2.70. The first-order valence-corrected chi connectivity index (χ1v) is 6.54. The summed E-state index contributed by atoms with van der Waals surface area (Å²) in [4.78, 5) is -0.00338. The molecule has 0 amide bonds. The summed E-state index contributed by atoms with van der Waals surface area (Å²) in [5.74, 6) is -0.448. The average Bonchev–Trinajstić information content (AvgIpc) is 2.29. The van der Waals surface area contributed by atoms with E-state index in [1.54, 1.807) is 13.0 Å². The van der Waals surface area contributed by atoms with E-state index in [-0.39, 0.29) is 16.9 Å². The molecule has 0 aliphatic heterocycles. The maximum absolute atomic E-state index is 13.5. The van der Waals surface area contributed by atoms with Gasteiger partial charge in [-0.1, -0.05) is 24.3 Å². The van der Waals surface area contributed by atoms with Crippen LogP contribution in [0.5, 0.6) is 0 Å². The van der Waals surface area contributed by atoms with Crippen LogP contribution in [-0.4, -0.2) is 15.0 Å². The highest BCUT2D eigenvalue weighted by Crippen LogP contribution is 2.26. The third kappa shape index (κ3) is 2.16. The van der Waals surface area contributed by atoms with E-state index in [4.69, 9.17) is 4.18 Å². The van der Waals surface area contributed by atoms with Crippen molar-refractivity contribution in [1.29, 1.82) is 0 Å². The molecule has 2 aromatic rings. The summed E-state index contributed by atoms with van der Waals surface area (Å²) in [6, 6.07) is 8.77. The fraction of sp³-hybridized carbons (Fsp3) is 0.167. The summed E-state index contributed by atoms with van der Waals surface area (Å²) in [7, 11) is -3.82. The average molecular weight is 254 g/mol. The van der Waals surface area contributed by atoms with Crippen molar-refractivity contribution in [3.05, 3.63) is 42.2 Å². The van der Waals surface area contributed by atoms with E-state index < -0.39 is 15.9 Å². The van der Waals surface area contributed by atoms with Gasteiger partial charge in [-0.3, -0.25) is 4.18 Å². The third-order valence-corrected chi connectivity index (χ3v) is 3.81. The Morgan fingerprint density at radius 2 is 1.76 bits per heavy atom. The van der Waals surface area contributed by atoms with Gasteiger partial charge in [-0.15, -0.1) is 0 Å². The van der Waals surface area contributed by atoms with Gasteiger partial charge in [0.2, 0.25) is 0 Å². The number of hydrogen-bond donors (Lipinski definition) is 0. The van der Waals surface area contributed by atoms with Crippen LogP contribution in [0.15, 0.2) is 41.3 Å². The van der Waals surface area contributed by atoms with Crippen LogP contribution in [0.1, 0.15) is 6.92 Å². The normalized spacial score (nSPS) is 11.9. The third-order valence-electron chi connectivity index (χ3n) is 2.37. The van der Waals surface area contributed by atoms with Crippen molar-refractivity contribution >= 4 is 20.9 Å². The van der Waals surface area contributed by atoms with Gasteiger partial charge in [-0.25, -0.2) is 4.39 Å². The van der Waals surface area contributed by atoms with Crippen molar-refractivity contribution in [2.75, 3.05) is 6.61 Å². The van der Waals surface area contributed by atoms with Crippen LogP contribution >= 0.6 is 0 Å². The number of rotatable bonds is 3. The Morgan fingerprint density at radius 3 is 2.47 bits per heavy atom. The molecule has 0 unspecified atom stereocenters. The van der Waals surface area contributed by atoms with Crippen LogP contribution in [0.25, 0.3) is 10.8 Å². The van der Waals surface area contributed by atoms with Gasteiger partial charge in [-0.2, -0.15) is 8.42 Å². The van der Waals surface area contributed by atoms with Gasteiger partial charge < -0.3 is 0 Å². The molecule has 17 heavy (non-hydrogen) atoms. The molecule has 0 aliphatic carbocycles. The Morgan fingerprint density at radius 1 is 1.12 bits per heavy atom. The molecular weight excluding hydrogens is 243 g/mol. The minimum atomic E-state index is -3.82. The number of hydrogen-bond acceptors (Lipinski definition) is 3. The quantitative estimate of drug-likeness (QED) is 0.791. The molecule has 0 aliphatic rings. The topological polar surface area (TPSA) is 43.4 Å². The SMILES string of the molecule is CCOS(=O)(=O)c1cccc2c(F)cccc12. The second-order valence-corrected chi connectivity index (χ2v) is 5.04. The molecule has 0 radical (unpaired) electrons. The summed E-state index contributed by atoms with van der Waals surface area (Å²) < 4.78 is 41.8. The Balaban J connectivity index is 2.76. The Kier molecular flexibility index (Phi) is 3.13. The van der Waals surface area contributed by atoms with E-state index in [0.717, 1.165) is 0 Å². The molecule has 0 saturated carbocycles. The first-order chi connectivity index (χ1) is 8.06. The van der Waals surface area contributed by atoms with Crippen LogP contribution in [0.4, 0.5) is 4.39 Å². The van der Waals surface area contributed by atoms with Crippen molar-refractivity contribution in [1.82, 2.24) is 0 Å². The van der Waals surface area contributed by atoms with Gasteiger partial charge in [0, 0.05) is 10.8 Å². The zero-order valence-corrected chi connectivity index (χ0v) is 10.00. The summed E-state index contributed by atoms with van der Waals surface area (Å²) in [6.45, 7) is 1.64. The molecule has 0 atom stereocenters. The summed E-state index contributed by atoms with van der Waals surface area (Å²) in [5, 5.41) is 0.606. The molecule has 0 aromatic heterocycles. The number of fused-ring (bicyclic) bond motifs is 1. The Labute approximate surface area is 99.0 Å². The fourth-order valence-corrected chi connectivity index (χ4v) is 2.81. The first kappa shape index (κ1) is 12.0. The summed E-state index contributed by atoms with van der Waals surface area (Å²) >= 11 is 0. The van der Waals surface area contributed by atoms with Gasteiger partial charge in [-0.05, 0) is 19.1 Å². The molecular formula is C12H11FO3S. The van der Waals surface area contributed by atoms with E-state index in [9.17, 15) is 12.8 Å². The zero-order valence-electron chi connectivity index (χ0n) is 9.18. The second kappa shape index (κ2) is 4.43. The molecule has 3 nitrogen and oxygen atoms in total. The van der Waals surface area contributed by atoms with Crippen molar-refractivity contribution in [2.45, 2.75) is 11.8 Å². The minimum absolute atomic E-state index is 0.00338. The van der Waals surface area contributed by atoms with Gasteiger partial charge >= 0.3 is 0 Å². The van der Waals surface area contributed by atoms with Crippen molar-refractivity contribution < 1.29 is 17.0 Å². The molecule has 0 fully saturated rings. The van der Waals surface area contributed by atoms with Crippen LogP contribution in [-0.2, 0) is 14.3 Å². The predicted molar refractivity (Wildman–Crippen MR) is 62.7 cm³/mol. The molecule has 0 spiro atoms. The number of halogens is 1. The van der Waals surface area contributed by atoms with Gasteiger partial charge in [0.25, 0.3) is 10.1 Å². The lowest BCUT2D eigenvalue weighted by Gasteiger charge is -2.07. The minimum Gasteiger partial charge on any atom is -0.267 e. The van der Waals surface area contributed by atoms with Gasteiger partial charge in [0.1, 0.15) is 10.7 Å². The standard InChI is InChI=1S/C12H11FO3S/c1-2-16-17(14,15)12-8-4-5-9-10(12)6-3-7-11(9)13/h3-8H,2H2,1H3. The molecule has 0 N–H and O–H groups in total. The van der Waals surface area contributed by atoms with E-state index >= 15 is 0 Å². The fourth-order valence-electron chi connectivity index (χ4n) is 1.68. The first-order valence-electron chi connectivity index (χ1n) is 5.13. The van der Waals surface area contributed by atoms with E-state index in [2.05, 4.69) is 0 Å². The summed E-state index contributed by atoms with van der Waals surface area (Å²) in [6.07, 6.45) is 0. The van der Waals surface area contributed by atoms with E-state index in [1.165, 1.54) is 30.3 Å². The zero-order chi connectivity index (χ0) is 12.5. The molecule has 0 saturated heterocycles. The summed E-state index contributed by atoms with van der Waals surface area (Å²) in [5.41, 5.74) is 0. The molecule has 90 valence electrons. The van der Waals surface area contributed by atoms with Crippen LogP contribution in [0.2, 0.25) is 0 Å². The molecule has 0 heterocycles. The Hall–Kier alpha value is -1.46. The van der Waals surface area contributed by atoms with Crippen LogP contribution in [0.3, 0.4) is 0 Å². The van der Waals surface area contributed by atoms with Crippen LogP contribution in [0, 0.1) is 5.82 Å². The van der Waals surface area contributed by atoms with E-state index in [0.29, 0.717) is 5.39 Å². The van der Waals surface area contributed by atoms with Crippen molar-refractivity contribution in [2.24, 2.45) is 0 Å². The van der Waals surface area contributed by atoms with Crippen LogP contribution < -0.4 is 0 Å². The number of benzene rings is 2. The largest absolute Gasteiger partial charge is 0.297 e. The monoisotopic (exact) mass is 254 g/mol. The highest BCUT2D eigenvalue weighted by atomic mass is 32.2.